The zero-order valence-electron chi connectivity index (χ0n) is 11.9. The predicted molar refractivity (Wildman–Crippen MR) is 85.7 cm³/mol. The number of aryl methyl sites for hydroxylation is 1. The van der Waals surface area contributed by atoms with Crippen LogP contribution in [0, 0.1) is 24.6 Å². The lowest BCUT2D eigenvalue weighted by atomic mass is 10.1. The third-order valence-corrected chi connectivity index (χ3v) is 3.95. The van der Waals surface area contributed by atoms with Gasteiger partial charge in [0.05, 0.1) is 6.61 Å². The van der Waals surface area contributed by atoms with Crippen LogP contribution in [0.1, 0.15) is 23.1 Å². The van der Waals surface area contributed by atoms with E-state index in [-0.39, 0.29) is 12.4 Å². The van der Waals surface area contributed by atoms with Gasteiger partial charge in [-0.25, -0.2) is 4.39 Å². The van der Waals surface area contributed by atoms with Gasteiger partial charge in [0, 0.05) is 22.6 Å². The predicted octanol–water partition coefficient (Wildman–Crippen LogP) is 4.16. The molecule has 3 heteroatoms. The van der Waals surface area contributed by atoms with Crippen LogP contribution >= 0.6 is 11.8 Å². The van der Waals surface area contributed by atoms with Crippen LogP contribution in [-0.2, 0) is 5.75 Å². The molecule has 0 aromatic heterocycles. The molecule has 0 amide bonds. The summed E-state index contributed by atoms with van der Waals surface area (Å²) in [6.07, 6.45) is 0.409. The fourth-order valence-corrected chi connectivity index (χ4v) is 2.83. The molecule has 108 valence electrons. The molecular weight excluding hydrogens is 283 g/mol. The van der Waals surface area contributed by atoms with Gasteiger partial charge in [-0.3, -0.25) is 0 Å². The minimum atomic E-state index is -0.231. The van der Waals surface area contributed by atoms with Gasteiger partial charge in [0.25, 0.3) is 0 Å². The summed E-state index contributed by atoms with van der Waals surface area (Å²) >= 11 is 1.62. The molecule has 0 fully saturated rings. The molecule has 0 bridgehead atoms. The molecule has 0 atom stereocenters. The maximum atomic E-state index is 14.0. The lowest BCUT2D eigenvalue weighted by Crippen LogP contribution is -1.89. The second kappa shape index (κ2) is 7.87. The summed E-state index contributed by atoms with van der Waals surface area (Å²) in [5.74, 6) is 5.99. The maximum absolute atomic E-state index is 14.0. The Bertz CT molecular complexity index is 670. The van der Waals surface area contributed by atoms with E-state index >= 15 is 0 Å². The maximum Gasteiger partial charge on any atom is 0.128 e. The summed E-state index contributed by atoms with van der Waals surface area (Å²) in [6.45, 7) is 2.07. The van der Waals surface area contributed by atoms with Crippen molar-refractivity contribution in [1.82, 2.24) is 0 Å². The van der Waals surface area contributed by atoms with Crippen molar-refractivity contribution < 1.29 is 9.50 Å². The zero-order chi connectivity index (χ0) is 15.1. The van der Waals surface area contributed by atoms with Crippen LogP contribution in [0.2, 0.25) is 0 Å². The first kappa shape index (κ1) is 15.6. The highest BCUT2D eigenvalue weighted by atomic mass is 32.2. The summed E-state index contributed by atoms with van der Waals surface area (Å²) < 4.78 is 14.0. The molecule has 0 aliphatic carbocycles. The number of hydrogen-bond acceptors (Lipinski definition) is 2. The van der Waals surface area contributed by atoms with E-state index in [0.717, 1.165) is 4.90 Å². The first-order chi connectivity index (χ1) is 10.2. The second-order valence-corrected chi connectivity index (χ2v) is 5.74. The molecule has 21 heavy (non-hydrogen) atoms. The summed E-state index contributed by atoms with van der Waals surface area (Å²) in [5, 5.41) is 8.66. The van der Waals surface area contributed by atoms with E-state index < -0.39 is 0 Å². The molecule has 2 aromatic carbocycles. The summed E-state index contributed by atoms with van der Waals surface area (Å²) in [5.41, 5.74) is 2.52. The first-order valence-corrected chi connectivity index (χ1v) is 7.75. The largest absolute Gasteiger partial charge is 0.395 e. The van der Waals surface area contributed by atoms with Crippen molar-refractivity contribution in [2.45, 2.75) is 24.0 Å². The molecule has 0 radical (unpaired) electrons. The van der Waals surface area contributed by atoms with Crippen molar-refractivity contribution in [1.29, 1.82) is 0 Å². The van der Waals surface area contributed by atoms with Gasteiger partial charge < -0.3 is 5.11 Å². The van der Waals surface area contributed by atoms with Crippen molar-refractivity contribution in [3.05, 3.63) is 65.0 Å². The second-order valence-electron chi connectivity index (χ2n) is 4.69. The van der Waals surface area contributed by atoms with Crippen molar-refractivity contribution in [3.8, 4) is 11.8 Å². The van der Waals surface area contributed by atoms with E-state index in [1.165, 1.54) is 11.6 Å². The van der Waals surface area contributed by atoms with E-state index in [1.807, 2.05) is 31.2 Å². The molecule has 0 saturated carbocycles. The van der Waals surface area contributed by atoms with Crippen molar-refractivity contribution in [2.24, 2.45) is 0 Å². The number of benzene rings is 2. The van der Waals surface area contributed by atoms with Crippen LogP contribution in [-0.4, -0.2) is 11.7 Å². The van der Waals surface area contributed by atoms with Gasteiger partial charge in [-0.2, -0.15) is 0 Å². The van der Waals surface area contributed by atoms with Gasteiger partial charge >= 0.3 is 0 Å². The molecule has 1 N–H and O–H groups in total. The first-order valence-electron chi connectivity index (χ1n) is 6.76. The van der Waals surface area contributed by atoms with Gasteiger partial charge in [0.15, 0.2) is 0 Å². The Morgan fingerprint density at radius 3 is 2.76 bits per heavy atom. The number of aliphatic hydroxyl groups excluding tert-OH is 1. The molecule has 0 saturated heterocycles. The average molecular weight is 300 g/mol. The van der Waals surface area contributed by atoms with Gasteiger partial charge in [0.2, 0.25) is 0 Å². The zero-order valence-corrected chi connectivity index (χ0v) is 12.7. The van der Waals surface area contributed by atoms with E-state index in [1.54, 1.807) is 17.8 Å². The molecule has 2 aromatic rings. The normalized spacial score (nSPS) is 10.0. The lowest BCUT2D eigenvalue weighted by Gasteiger charge is -2.05. The van der Waals surface area contributed by atoms with Crippen molar-refractivity contribution >= 4 is 11.8 Å². The Kier molecular flexibility index (Phi) is 5.86. The fraction of sp³-hybridized carbons (Fsp3) is 0.222. The minimum Gasteiger partial charge on any atom is -0.395 e. The number of rotatable bonds is 4. The topological polar surface area (TPSA) is 20.2 Å². The monoisotopic (exact) mass is 300 g/mol. The third-order valence-electron chi connectivity index (χ3n) is 2.91. The Labute approximate surface area is 129 Å². The van der Waals surface area contributed by atoms with E-state index in [9.17, 15) is 4.39 Å². The van der Waals surface area contributed by atoms with Crippen LogP contribution in [0.25, 0.3) is 0 Å². The van der Waals surface area contributed by atoms with Gasteiger partial charge in [-0.15, -0.1) is 11.8 Å². The summed E-state index contributed by atoms with van der Waals surface area (Å²) in [6, 6.07) is 13.2. The lowest BCUT2D eigenvalue weighted by molar-refractivity contribution is 0.305. The number of thioether (sulfide) groups is 1. The van der Waals surface area contributed by atoms with Crippen molar-refractivity contribution in [3.63, 3.8) is 0 Å². The summed E-state index contributed by atoms with van der Waals surface area (Å²) in [4.78, 5) is 1.14. The molecule has 0 aliphatic heterocycles. The highest BCUT2D eigenvalue weighted by Gasteiger charge is 2.04. The van der Waals surface area contributed by atoms with Gasteiger partial charge in [-0.1, -0.05) is 35.6 Å². The van der Waals surface area contributed by atoms with Crippen LogP contribution in [0.3, 0.4) is 0 Å². The summed E-state index contributed by atoms with van der Waals surface area (Å²) in [7, 11) is 0. The van der Waals surface area contributed by atoms with E-state index in [4.69, 9.17) is 5.11 Å². The van der Waals surface area contributed by atoms with Crippen LogP contribution in [0.5, 0.6) is 0 Å². The smallest absolute Gasteiger partial charge is 0.128 e. The standard InChI is InChI=1S/C18H17FOS/c1-14-5-4-7-17(11-14)21-13-16-9-8-15(12-18(16)19)6-2-3-10-20/h4-5,7-9,11-12,20H,3,10,13H2,1H3. The average Bonchev–Trinajstić information content (AvgIpc) is 2.47. The van der Waals surface area contributed by atoms with Crippen LogP contribution in [0.4, 0.5) is 4.39 Å². The Morgan fingerprint density at radius 2 is 2.05 bits per heavy atom. The number of hydrogen-bond donors (Lipinski definition) is 1. The highest BCUT2D eigenvalue weighted by Crippen LogP contribution is 2.25. The van der Waals surface area contributed by atoms with E-state index in [0.29, 0.717) is 23.3 Å². The molecule has 1 nitrogen and oxygen atoms in total. The molecule has 0 unspecified atom stereocenters. The van der Waals surface area contributed by atoms with Gasteiger partial charge in [-0.05, 0) is 36.8 Å². The Morgan fingerprint density at radius 1 is 1.19 bits per heavy atom. The Balaban J connectivity index is 2.03. The Hall–Kier alpha value is -1.76. The SMILES string of the molecule is Cc1cccc(SCc2ccc(C#CCCO)cc2F)c1. The number of halogens is 1. The number of aliphatic hydroxyl groups is 1. The van der Waals surface area contributed by atoms with Crippen LogP contribution < -0.4 is 0 Å². The molecule has 2 rings (SSSR count). The van der Waals surface area contributed by atoms with E-state index in [2.05, 4.69) is 17.9 Å². The molecular formula is C18H17FOS. The molecule has 0 heterocycles. The third kappa shape index (κ3) is 4.93. The van der Waals surface area contributed by atoms with Gasteiger partial charge in [0.1, 0.15) is 5.82 Å². The molecule has 0 aliphatic rings. The quantitative estimate of drug-likeness (QED) is 0.676. The fourth-order valence-electron chi connectivity index (χ4n) is 1.83. The van der Waals surface area contributed by atoms with Crippen LogP contribution in [0.15, 0.2) is 47.4 Å². The minimum absolute atomic E-state index is 0.0285. The molecule has 0 spiro atoms. The van der Waals surface area contributed by atoms with Crippen molar-refractivity contribution in [2.75, 3.05) is 6.61 Å². The highest BCUT2D eigenvalue weighted by molar-refractivity contribution is 7.98.